The van der Waals surface area contributed by atoms with Gasteiger partial charge in [-0.3, -0.25) is 0 Å². The minimum atomic E-state index is 1.03. The molecule has 0 aliphatic heterocycles. The second-order valence-electron chi connectivity index (χ2n) is 7.71. The van der Waals surface area contributed by atoms with E-state index >= 15 is 0 Å². The predicted molar refractivity (Wildman–Crippen MR) is 118 cm³/mol. The van der Waals surface area contributed by atoms with Crippen LogP contribution in [0.3, 0.4) is 0 Å². The number of nitrogens with zero attached hydrogens (tertiary/aromatic N) is 3. The molecule has 4 aromatic rings. The minimum absolute atomic E-state index is 1.03. The van der Waals surface area contributed by atoms with E-state index in [1.807, 2.05) is 0 Å². The average molecular weight is 397 g/mol. The summed E-state index contributed by atoms with van der Waals surface area (Å²) in [6, 6.07) is 25.8. The normalized spacial score (nSPS) is 10.8. The summed E-state index contributed by atoms with van der Waals surface area (Å²) >= 11 is 0. The van der Waals surface area contributed by atoms with Gasteiger partial charge in [-0.25, -0.2) is 13.7 Å². The van der Waals surface area contributed by atoms with Crippen LogP contribution >= 0.6 is 0 Å². The lowest BCUT2D eigenvalue weighted by molar-refractivity contribution is -0.726. The Morgan fingerprint density at radius 1 is 0.433 bits per heavy atom. The molecule has 3 nitrogen and oxygen atoms in total. The first-order valence-electron chi connectivity index (χ1n) is 10.8. The van der Waals surface area contributed by atoms with Crippen molar-refractivity contribution in [2.45, 2.75) is 38.9 Å². The maximum absolute atomic E-state index is 2.27. The zero-order chi connectivity index (χ0) is 20.4. The highest BCUT2D eigenvalue weighted by Gasteiger charge is 2.07. The van der Waals surface area contributed by atoms with E-state index in [1.165, 1.54) is 16.7 Å². The number of rotatable bonds is 9. The number of hydrogen-bond donors (Lipinski definition) is 0. The van der Waals surface area contributed by atoms with Crippen molar-refractivity contribution in [2.75, 3.05) is 0 Å². The van der Waals surface area contributed by atoms with Crippen LogP contribution < -0.4 is 13.7 Å². The van der Waals surface area contributed by atoms with Gasteiger partial charge >= 0.3 is 0 Å². The number of aromatic nitrogens is 3. The highest BCUT2D eigenvalue weighted by Crippen LogP contribution is 2.15. The molecule has 0 aliphatic rings. The summed E-state index contributed by atoms with van der Waals surface area (Å²) in [6.07, 6.45) is 16.4. The van der Waals surface area contributed by atoms with Crippen molar-refractivity contribution in [1.82, 2.24) is 0 Å². The van der Waals surface area contributed by atoms with Gasteiger partial charge in [0.25, 0.3) is 0 Å². The van der Waals surface area contributed by atoms with Gasteiger partial charge < -0.3 is 0 Å². The fourth-order valence-corrected chi connectivity index (χ4v) is 3.73. The molecule has 0 N–H and O–H groups in total. The highest BCUT2D eigenvalue weighted by molar-refractivity contribution is 5.60. The molecule has 3 aromatic heterocycles. The topological polar surface area (TPSA) is 11.6 Å². The standard InChI is InChI=1S/C27H30N3/c1-3-9-25(10-4-1)11-7-18-29-21-12-26(13-22-29)27-14-23-30(24-15-27)20-8-19-28-16-5-2-6-17-28/h1-6,9-10,12-17,21-24H,7-8,11,18-20H2/q+3. The predicted octanol–water partition coefficient (Wildman–Crippen LogP) is 3.94. The Kier molecular flexibility index (Phi) is 6.95. The van der Waals surface area contributed by atoms with Crippen LogP contribution in [0.5, 0.6) is 0 Å². The van der Waals surface area contributed by atoms with Gasteiger partial charge in [-0.15, -0.1) is 0 Å². The smallest absolute Gasteiger partial charge is 0.169 e. The van der Waals surface area contributed by atoms with E-state index in [-0.39, 0.29) is 0 Å². The van der Waals surface area contributed by atoms with E-state index in [2.05, 4.69) is 124 Å². The summed E-state index contributed by atoms with van der Waals surface area (Å²) in [6.45, 7) is 3.11. The second kappa shape index (κ2) is 10.4. The van der Waals surface area contributed by atoms with Crippen LogP contribution in [-0.2, 0) is 26.1 Å². The van der Waals surface area contributed by atoms with Gasteiger partial charge in [0.05, 0.1) is 6.42 Å². The van der Waals surface area contributed by atoms with E-state index in [1.54, 1.807) is 0 Å². The SMILES string of the molecule is c1ccc(CCC[n+]2ccc(-c3cc[n+](CCC[n+]4ccccc4)cc3)cc2)cc1. The number of aryl methyl sites for hydroxylation is 4. The third-order valence-corrected chi connectivity index (χ3v) is 5.45. The number of benzene rings is 1. The Labute approximate surface area is 179 Å². The summed E-state index contributed by atoms with van der Waals surface area (Å²) in [7, 11) is 0. The average Bonchev–Trinajstić information content (AvgIpc) is 2.82. The van der Waals surface area contributed by atoms with Gasteiger partial charge in [0, 0.05) is 42.8 Å². The zero-order valence-electron chi connectivity index (χ0n) is 17.5. The summed E-state index contributed by atoms with van der Waals surface area (Å²) in [4.78, 5) is 0. The van der Waals surface area contributed by atoms with Gasteiger partial charge in [-0.2, -0.15) is 0 Å². The van der Waals surface area contributed by atoms with Crippen LogP contribution in [0.4, 0.5) is 0 Å². The Morgan fingerprint density at radius 3 is 1.47 bits per heavy atom. The molecule has 150 valence electrons. The maximum atomic E-state index is 2.27. The van der Waals surface area contributed by atoms with E-state index in [4.69, 9.17) is 0 Å². The Bertz CT molecular complexity index is 924. The third-order valence-electron chi connectivity index (χ3n) is 5.45. The first-order chi connectivity index (χ1) is 14.9. The summed E-state index contributed by atoms with van der Waals surface area (Å²) < 4.78 is 6.77. The van der Waals surface area contributed by atoms with Crippen molar-refractivity contribution < 1.29 is 13.7 Å². The molecule has 0 saturated heterocycles. The second-order valence-corrected chi connectivity index (χ2v) is 7.71. The first kappa shape index (κ1) is 20.0. The molecule has 0 spiro atoms. The molecule has 3 heteroatoms. The molecule has 3 heterocycles. The fourth-order valence-electron chi connectivity index (χ4n) is 3.73. The van der Waals surface area contributed by atoms with Crippen molar-refractivity contribution in [3.8, 4) is 11.1 Å². The molecule has 1 aromatic carbocycles. The molecule has 0 radical (unpaired) electrons. The van der Waals surface area contributed by atoms with Crippen molar-refractivity contribution in [3.05, 3.63) is 116 Å². The molecule has 0 amide bonds. The number of hydrogen-bond acceptors (Lipinski definition) is 0. The van der Waals surface area contributed by atoms with Crippen molar-refractivity contribution >= 4 is 0 Å². The fraction of sp³-hybridized carbons (Fsp3) is 0.222. The van der Waals surface area contributed by atoms with Gasteiger partial charge in [-0.05, 0) is 23.1 Å². The summed E-state index contributed by atoms with van der Waals surface area (Å²) in [5, 5.41) is 0. The minimum Gasteiger partial charge on any atom is -0.205 e. The quantitative estimate of drug-likeness (QED) is 0.380. The third kappa shape index (κ3) is 5.84. The lowest BCUT2D eigenvalue weighted by Gasteiger charge is -2.02. The van der Waals surface area contributed by atoms with Crippen molar-refractivity contribution in [1.29, 1.82) is 0 Å². The van der Waals surface area contributed by atoms with Crippen LogP contribution in [0, 0.1) is 0 Å². The van der Waals surface area contributed by atoms with Crippen LogP contribution in [0.2, 0.25) is 0 Å². The molecular formula is C27H30N3+3. The summed E-state index contributed by atoms with van der Waals surface area (Å²) in [5.74, 6) is 0. The van der Waals surface area contributed by atoms with Crippen LogP contribution in [0.1, 0.15) is 18.4 Å². The van der Waals surface area contributed by atoms with Crippen molar-refractivity contribution in [2.24, 2.45) is 0 Å². The van der Waals surface area contributed by atoms with E-state index in [0.29, 0.717) is 0 Å². The molecule has 0 saturated carbocycles. The lowest BCUT2D eigenvalue weighted by atomic mass is 10.1. The first-order valence-corrected chi connectivity index (χ1v) is 10.8. The van der Waals surface area contributed by atoms with Crippen molar-refractivity contribution in [3.63, 3.8) is 0 Å². The molecule has 0 fully saturated rings. The Morgan fingerprint density at radius 2 is 0.900 bits per heavy atom. The molecule has 0 aliphatic carbocycles. The van der Waals surface area contributed by atoms with Gasteiger partial charge in [0.1, 0.15) is 6.54 Å². The maximum Gasteiger partial charge on any atom is 0.169 e. The number of pyridine rings is 3. The zero-order valence-corrected chi connectivity index (χ0v) is 17.5. The summed E-state index contributed by atoms with van der Waals surface area (Å²) in [5.41, 5.74) is 3.94. The largest absolute Gasteiger partial charge is 0.205 e. The van der Waals surface area contributed by atoms with E-state index < -0.39 is 0 Å². The molecule has 30 heavy (non-hydrogen) atoms. The van der Waals surface area contributed by atoms with Crippen LogP contribution in [0.25, 0.3) is 11.1 Å². The monoisotopic (exact) mass is 396 g/mol. The molecule has 0 unspecified atom stereocenters. The van der Waals surface area contributed by atoms with Gasteiger partial charge in [-0.1, -0.05) is 36.4 Å². The molecular weight excluding hydrogens is 366 g/mol. The van der Waals surface area contributed by atoms with Crippen LogP contribution in [-0.4, -0.2) is 0 Å². The molecule has 0 atom stereocenters. The molecule has 4 rings (SSSR count). The Balaban J connectivity index is 1.26. The Hall–Kier alpha value is -3.33. The lowest BCUT2D eigenvalue weighted by Crippen LogP contribution is -2.38. The van der Waals surface area contributed by atoms with E-state index in [9.17, 15) is 0 Å². The van der Waals surface area contributed by atoms with E-state index in [0.717, 1.165) is 38.9 Å². The van der Waals surface area contributed by atoms with Gasteiger partial charge in [0.2, 0.25) is 0 Å². The highest BCUT2D eigenvalue weighted by atomic mass is 15.0. The van der Waals surface area contributed by atoms with Gasteiger partial charge in [0.15, 0.2) is 50.3 Å². The van der Waals surface area contributed by atoms with Crippen LogP contribution in [0.15, 0.2) is 110 Å². The molecule has 0 bridgehead atoms.